The monoisotopic (exact) mass is 494 g/mol. The number of rotatable bonds is 12. The first-order valence-electron chi connectivity index (χ1n) is 11.1. The molecule has 33 heavy (non-hydrogen) atoms. The number of ether oxygens (including phenoxy) is 2. The van der Waals surface area contributed by atoms with Crippen LogP contribution < -0.4 is 14.8 Å². The molecule has 0 unspecified atom stereocenters. The first-order valence-corrected chi connectivity index (χ1v) is 11.8. The minimum atomic E-state index is -0.636. The second-order valence-electron chi connectivity index (χ2n) is 7.89. The van der Waals surface area contributed by atoms with E-state index in [2.05, 4.69) is 5.32 Å². The first kappa shape index (κ1) is 26.8. The van der Waals surface area contributed by atoms with Gasteiger partial charge in [0.2, 0.25) is 11.8 Å². The van der Waals surface area contributed by atoms with Crippen LogP contribution >= 0.6 is 23.2 Å². The average molecular weight is 495 g/mol. The number of methoxy groups -OCH3 is 1. The fourth-order valence-corrected chi connectivity index (χ4v) is 3.43. The van der Waals surface area contributed by atoms with Gasteiger partial charge < -0.3 is 19.7 Å². The summed E-state index contributed by atoms with van der Waals surface area (Å²) in [5.74, 6) is 1.13. The lowest BCUT2D eigenvalue weighted by Crippen LogP contribution is -2.49. The highest BCUT2D eigenvalue weighted by molar-refractivity contribution is 6.42. The molecule has 0 aliphatic rings. The van der Waals surface area contributed by atoms with Crippen molar-refractivity contribution in [3.8, 4) is 11.5 Å². The molecule has 2 aromatic carbocycles. The third-order valence-electron chi connectivity index (χ3n) is 5.37. The lowest BCUT2D eigenvalue weighted by atomic mass is 10.1. The summed E-state index contributed by atoms with van der Waals surface area (Å²) in [6.45, 7) is 6.31. The van der Waals surface area contributed by atoms with Crippen molar-refractivity contribution in [2.75, 3.05) is 13.7 Å². The molecule has 0 saturated heterocycles. The van der Waals surface area contributed by atoms with Crippen LogP contribution in [0.1, 0.15) is 45.6 Å². The fourth-order valence-electron chi connectivity index (χ4n) is 3.11. The van der Waals surface area contributed by atoms with Gasteiger partial charge in [-0.1, -0.05) is 36.2 Å². The Bertz CT molecular complexity index is 921. The smallest absolute Gasteiger partial charge is 0.242 e. The summed E-state index contributed by atoms with van der Waals surface area (Å²) in [7, 11) is 1.61. The standard InChI is InChI=1S/C25H32Cl2N2O4/c1-5-17(2)28-25(31)18(3)29(16-19-8-13-22(26)23(27)15-19)24(30)7-6-14-33-21-11-9-20(32-4)10-12-21/h8-13,15,17-18H,5-7,14,16H2,1-4H3,(H,28,31)/t17-,18-/m0/s1. The van der Waals surface area contributed by atoms with E-state index in [1.807, 2.05) is 38.1 Å². The molecule has 0 bridgehead atoms. The molecular formula is C25H32Cl2N2O4. The lowest BCUT2D eigenvalue weighted by molar-refractivity contribution is -0.141. The van der Waals surface area contributed by atoms with E-state index in [9.17, 15) is 9.59 Å². The number of benzene rings is 2. The van der Waals surface area contributed by atoms with Gasteiger partial charge in [-0.3, -0.25) is 9.59 Å². The third-order valence-corrected chi connectivity index (χ3v) is 6.11. The molecule has 0 heterocycles. The summed E-state index contributed by atoms with van der Waals surface area (Å²) in [5.41, 5.74) is 0.801. The second kappa shape index (κ2) is 13.3. The van der Waals surface area contributed by atoms with Gasteiger partial charge in [-0.15, -0.1) is 0 Å². The van der Waals surface area contributed by atoms with Crippen LogP contribution in [0.3, 0.4) is 0 Å². The topological polar surface area (TPSA) is 67.9 Å². The Balaban J connectivity index is 2.02. The van der Waals surface area contributed by atoms with E-state index in [-0.39, 0.29) is 30.8 Å². The minimum Gasteiger partial charge on any atom is -0.497 e. The van der Waals surface area contributed by atoms with Gasteiger partial charge in [-0.25, -0.2) is 0 Å². The van der Waals surface area contributed by atoms with E-state index in [0.717, 1.165) is 17.7 Å². The van der Waals surface area contributed by atoms with Crippen LogP contribution in [0.4, 0.5) is 0 Å². The maximum absolute atomic E-state index is 13.1. The molecule has 0 aromatic heterocycles. The van der Waals surface area contributed by atoms with Gasteiger partial charge in [0, 0.05) is 19.0 Å². The zero-order chi connectivity index (χ0) is 24.4. The molecule has 2 aromatic rings. The molecule has 0 aliphatic carbocycles. The number of carbonyl (C=O) groups excluding carboxylic acids is 2. The summed E-state index contributed by atoms with van der Waals surface area (Å²) in [5, 5.41) is 3.80. The second-order valence-corrected chi connectivity index (χ2v) is 8.71. The van der Waals surface area contributed by atoms with E-state index in [4.69, 9.17) is 32.7 Å². The molecule has 0 spiro atoms. The minimum absolute atomic E-state index is 0.0276. The molecule has 0 radical (unpaired) electrons. The highest BCUT2D eigenvalue weighted by Crippen LogP contribution is 2.24. The van der Waals surface area contributed by atoms with E-state index in [0.29, 0.717) is 28.8 Å². The maximum atomic E-state index is 13.1. The average Bonchev–Trinajstić information content (AvgIpc) is 2.82. The predicted octanol–water partition coefficient (Wildman–Crippen LogP) is 5.49. The number of hydrogen-bond donors (Lipinski definition) is 1. The zero-order valence-electron chi connectivity index (χ0n) is 19.6. The van der Waals surface area contributed by atoms with E-state index >= 15 is 0 Å². The van der Waals surface area contributed by atoms with Gasteiger partial charge in [0.1, 0.15) is 17.5 Å². The molecule has 0 fully saturated rings. The van der Waals surface area contributed by atoms with Crippen molar-refractivity contribution >= 4 is 35.0 Å². The number of carbonyl (C=O) groups is 2. The SMILES string of the molecule is CC[C@H](C)NC(=O)[C@H](C)N(Cc1ccc(Cl)c(Cl)c1)C(=O)CCCOc1ccc(OC)cc1. The highest BCUT2D eigenvalue weighted by Gasteiger charge is 2.26. The number of amides is 2. The van der Waals surface area contributed by atoms with Crippen molar-refractivity contribution in [3.63, 3.8) is 0 Å². The van der Waals surface area contributed by atoms with Crippen molar-refractivity contribution < 1.29 is 19.1 Å². The fraction of sp³-hybridized carbons (Fsp3) is 0.440. The number of nitrogens with zero attached hydrogens (tertiary/aromatic N) is 1. The van der Waals surface area contributed by atoms with Crippen molar-refractivity contribution in [3.05, 3.63) is 58.1 Å². The summed E-state index contributed by atoms with van der Waals surface area (Å²) in [4.78, 5) is 27.4. The van der Waals surface area contributed by atoms with Crippen LogP contribution in [0.2, 0.25) is 10.0 Å². The Morgan fingerprint density at radius 3 is 2.30 bits per heavy atom. The Kier molecular flexibility index (Phi) is 10.8. The molecule has 2 amide bonds. The third kappa shape index (κ3) is 8.45. The molecule has 2 atom stereocenters. The normalized spacial score (nSPS) is 12.5. The predicted molar refractivity (Wildman–Crippen MR) is 132 cm³/mol. The van der Waals surface area contributed by atoms with Gasteiger partial charge in [-0.05, 0) is 68.7 Å². The number of nitrogens with one attached hydrogen (secondary N) is 1. The Morgan fingerprint density at radius 2 is 1.70 bits per heavy atom. The van der Waals surface area contributed by atoms with Crippen molar-refractivity contribution in [1.29, 1.82) is 0 Å². The zero-order valence-corrected chi connectivity index (χ0v) is 21.1. The molecule has 6 nitrogen and oxygen atoms in total. The van der Waals surface area contributed by atoms with Gasteiger partial charge in [0.15, 0.2) is 0 Å². The summed E-state index contributed by atoms with van der Waals surface area (Å²) < 4.78 is 10.9. The Labute approximate surface area is 206 Å². The van der Waals surface area contributed by atoms with E-state index < -0.39 is 6.04 Å². The van der Waals surface area contributed by atoms with Crippen LogP contribution in [-0.2, 0) is 16.1 Å². The van der Waals surface area contributed by atoms with E-state index in [1.54, 1.807) is 37.1 Å². The van der Waals surface area contributed by atoms with Crippen molar-refractivity contribution in [2.45, 2.75) is 58.7 Å². The van der Waals surface area contributed by atoms with Gasteiger partial charge in [0.25, 0.3) is 0 Å². The van der Waals surface area contributed by atoms with Crippen molar-refractivity contribution in [2.24, 2.45) is 0 Å². The van der Waals surface area contributed by atoms with Gasteiger partial charge in [-0.2, -0.15) is 0 Å². The van der Waals surface area contributed by atoms with Crippen LogP contribution in [0.5, 0.6) is 11.5 Å². The van der Waals surface area contributed by atoms with Crippen LogP contribution in [0, 0.1) is 0 Å². The lowest BCUT2D eigenvalue weighted by Gasteiger charge is -2.30. The maximum Gasteiger partial charge on any atom is 0.242 e. The van der Waals surface area contributed by atoms with Gasteiger partial charge >= 0.3 is 0 Å². The van der Waals surface area contributed by atoms with Crippen LogP contribution in [0.25, 0.3) is 0 Å². The summed E-state index contributed by atoms with van der Waals surface area (Å²) >= 11 is 12.2. The molecule has 1 N–H and O–H groups in total. The molecular weight excluding hydrogens is 463 g/mol. The van der Waals surface area contributed by atoms with Crippen molar-refractivity contribution in [1.82, 2.24) is 10.2 Å². The summed E-state index contributed by atoms with van der Waals surface area (Å²) in [6, 6.07) is 11.9. The molecule has 0 aliphatic heterocycles. The largest absolute Gasteiger partial charge is 0.497 e. The van der Waals surface area contributed by atoms with Gasteiger partial charge in [0.05, 0.1) is 23.8 Å². The molecule has 0 saturated carbocycles. The first-order chi connectivity index (χ1) is 15.7. The van der Waals surface area contributed by atoms with E-state index in [1.165, 1.54) is 0 Å². The summed E-state index contributed by atoms with van der Waals surface area (Å²) in [6.07, 6.45) is 1.57. The molecule has 2 rings (SSSR count). The van der Waals surface area contributed by atoms with Crippen LogP contribution in [0.15, 0.2) is 42.5 Å². The molecule has 8 heteroatoms. The Hall–Kier alpha value is -2.44. The van der Waals surface area contributed by atoms with Crippen LogP contribution in [-0.4, -0.2) is 42.5 Å². The number of halogens is 2. The Morgan fingerprint density at radius 1 is 1.03 bits per heavy atom. The highest BCUT2D eigenvalue weighted by atomic mass is 35.5. The quantitative estimate of drug-likeness (QED) is 0.396. The number of hydrogen-bond acceptors (Lipinski definition) is 4. The molecule has 180 valence electrons.